The van der Waals surface area contributed by atoms with Crippen molar-refractivity contribution in [1.29, 1.82) is 0 Å². The molecule has 0 fully saturated rings. The second kappa shape index (κ2) is 11.7. The number of aromatic nitrogens is 1. The van der Waals surface area contributed by atoms with Crippen molar-refractivity contribution >= 4 is 23.1 Å². The molecule has 0 aliphatic rings. The highest BCUT2D eigenvalue weighted by Gasteiger charge is 2.09. The van der Waals surface area contributed by atoms with Gasteiger partial charge in [-0.3, -0.25) is 0 Å². The average Bonchev–Trinajstić information content (AvgIpc) is 3.06. The standard InChI is InChI=1S/C17H15NOS2.2C2H6/c1-12-16(11-20-15-9-7-14(19)8-10-15)21-17(18-12)13-5-3-2-4-6-13;2*1-2/h2-10,19H,11H2,1H3;2*1-2H3. The summed E-state index contributed by atoms with van der Waals surface area (Å²) >= 11 is 3.52. The van der Waals surface area contributed by atoms with Crippen molar-refractivity contribution in [3.8, 4) is 16.3 Å². The zero-order chi connectivity index (χ0) is 18.7. The van der Waals surface area contributed by atoms with E-state index < -0.39 is 0 Å². The fraction of sp³-hybridized carbons (Fsp3) is 0.286. The van der Waals surface area contributed by atoms with E-state index >= 15 is 0 Å². The fourth-order valence-corrected chi connectivity index (χ4v) is 4.07. The van der Waals surface area contributed by atoms with Gasteiger partial charge in [-0.05, 0) is 31.2 Å². The topological polar surface area (TPSA) is 33.1 Å². The molecule has 134 valence electrons. The Balaban J connectivity index is 0.000000730. The average molecular weight is 374 g/mol. The number of benzene rings is 2. The van der Waals surface area contributed by atoms with E-state index in [-0.39, 0.29) is 0 Å². The van der Waals surface area contributed by atoms with Gasteiger partial charge >= 0.3 is 0 Å². The van der Waals surface area contributed by atoms with Crippen molar-refractivity contribution in [1.82, 2.24) is 4.98 Å². The van der Waals surface area contributed by atoms with E-state index in [2.05, 4.69) is 24.0 Å². The Morgan fingerprint density at radius 2 is 1.52 bits per heavy atom. The van der Waals surface area contributed by atoms with Crippen LogP contribution < -0.4 is 0 Å². The van der Waals surface area contributed by atoms with Crippen LogP contribution in [0.2, 0.25) is 0 Å². The highest BCUT2D eigenvalue weighted by Crippen LogP contribution is 2.32. The molecule has 3 rings (SSSR count). The zero-order valence-electron chi connectivity index (χ0n) is 15.6. The lowest BCUT2D eigenvalue weighted by molar-refractivity contribution is 0.475. The first kappa shape index (κ1) is 21.3. The number of aromatic hydroxyl groups is 1. The molecule has 0 bridgehead atoms. The van der Waals surface area contributed by atoms with Crippen molar-refractivity contribution in [3.63, 3.8) is 0 Å². The Kier molecular flexibility index (Phi) is 9.97. The summed E-state index contributed by atoms with van der Waals surface area (Å²) in [7, 11) is 0. The molecule has 0 unspecified atom stereocenters. The van der Waals surface area contributed by atoms with Gasteiger partial charge < -0.3 is 5.11 Å². The first-order valence-electron chi connectivity index (χ1n) is 8.66. The minimum Gasteiger partial charge on any atom is -0.508 e. The highest BCUT2D eigenvalue weighted by molar-refractivity contribution is 7.98. The normalized spacial score (nSPS) is 9.48. The molecule has 0 atom stereocenters. The monoisotopic (exact) mass is 373 g/mol. The summed E-state index contributed by atoms with van der Waals surface area (Å²) in [5, 5.41) is 10.4. The number of rotatable bonds is 4. The summed E-state index contributed by atoms with van der Waals surface area (Å²) < 4.78 is 0. The summed E-state index contributed by atoms with van der Waals surface area (Å²) in [6, 6.07) is 17.6. The van der Waals surface area contributed by atoms with Gasteiger partial charge in [0.05, 0.1) is 5.69 Å². The number of aryl methyl sites for hydroxylation is 1. The van der Waals surface area contributed by atoms with Gasteiger partial charge in [0.15, 0.2) is 0 Å². The first-order chi connectivity index (χ1) is 12.2. The molecule has 3 aromatic rings. The Labute approximate surface area is 160 Å². The Morgan fingerprint density at radius 3 is 2.12 bits per heavy atom. The summed E-state index contributed by atoms with van der Waals surface area (Å²) in [5.74, 6) is 1.21. The predicted molar refractivity (Wildman–Crippen MR) is 113 cm³/mol. The number of thioether (sulfide) groups is 1. The lowest BCUT2D eigenvalue weighted by Gasteiger charge is -2.00. The van der Waals surface area contributed by atoms with E-state index in [9.17, 15) is 5.11 Å². The van der Waals surface area contributed by atoms with Gasteiger partial charge in [0, 0.05) is 21.1 Å². The van der Waals surface area contributed by atoms with Crippen LogP contribution in [-0.4, -0.2) is 10.1 Å². The van der Waals surface area contributed by atoms with Gasteiger partial charge in [0.2, 0.25) is 0 Å². The van der Waals surface area contributed by atoms with E-state index in [1.807, 2.05) is 58.0 Å². The van der Waals surface area contributed by atoms with Crippen LogP contribution in [0.15, 0.2) is 59.5 Å². The number of nitrogens with zero attached hydrogens (tertiary/aromatic N) is 1. The molecule has 0 amide bonds. The molecule has 0 radical (unpaired) electrons. The van der Waals surface area contributed by atoms with Gasteiger partial charge in [0.25, 0.3) is 0 Å². The second-order valence-corrected chi connectivity index (χ2v) is 6.81. The molecule has 0 aliphatic carbocycles. The van der Waals surface area contributed by atoms with Gasteiger partial charge in [-0.15, -0.1) is 23.1 Å². The maximum absolute atomic E-state index is 9.30. The number of hydrogen-bond acceptors (Lipinski definition) is 4. The third-order valence-electron chi connectivity index (χ3n) is 3.12. The van der Waals surface area contributed by atoms with Crippen LogP contribution in [0.25, 0.3) is 10.6 Å². The van der Waals surface area contributed by atoms with Crippen LogP contribution in [0.3, 0.4) is 0 Å². The van der Waals surface area contributed by atoms with E-state index in [4.69, 9.17) is 0 Å². The summed E-state index contributed by atoms with van der Waals surface area (Å²) in [6.45, 7) is 10.1. The van der Waals surface area contributed by atoms with Crippen molar-refractivity contribution < 1.29 is 5.11 Å². The molecule has 4 heteroatoms. The quantitative estimate of drug-likeness (QED) is 0.492. The number of phenolic OH excluding ortho intramolecular Hbond substituents is 1. The van der Waals surface area contributed by atoms with Crippen molar-refractivity contribution in [3.05, 3.63) is 65.2 Å². The van der Waals surface area contributed by atoms with Gasteiger partial charge in [-0.2, -0.15) is 0 Å². The van der Waals surface area contributed by atoms with Crippen molar-refractivity contribution in [2.45, 2.75) is 45.3 Å². The minimum absolute atomic E-state index is 0.305. The van der Waals surface area contributed by atoms with Crippen molar-refractivity contribution in [2.24, 2.45) is 0 Å². The molecule has 0 spiro atoms. The largest absolute Gasteiger partial charge is 0.508 e. The molecule has 1 heterocycles. The predicted octanol–water partition coefficient (Wildman–Crippen LogP) is 7.17. The first-order valence-corrected chi connectivity index (χ1v) is 10.5. The number of thiazole rings is 1. The second-order valence-electron chi connectivity index (χ2n) is 4.68. The minimum atomic E-state index is 0.305. The smallest absolute Gasteiger partial charge is 0.123 e. The highest BCUT2D eigenvalue weighted by atomic mass is 32.2. The van der Waals surface area contributed by atoms with Gasteiger partial charge in [-0.1, -0.05) is 58.0 Å². The molecular formula is C21H27NOS2. The molecule has 1 aromatic heterocycles. The Hall–Kier alpha value is -1.78. The maximum atomic E-state index is 9.30. The summed E-state index contributed by atoms with van der Waals surface area (Å²) in [4.78, 5) is 7.13. The number of hydrogen-bond donors (Lipinski definition) is 1. The molecular weight excluding hydrogens is 346 g/mol. The van der Waals surface area contributed by atoms with Crippen LogP contribution in [0.4, 0.5) is 0 Å². The molecule has 1 N–H and O–H groups in total. The van der Waals surface area contributed by atoms with E-state index in [1.54, 1.807) is 35.2 Å². The zero-order valence-corrected chi connectivity index (χ0v) is 17.2. The molecule has 2 aromatic carbocycles. The lowest BCUT2D eigenvalue weighted by Crippen LogP contribution is -1.80. The number of phenols is 1. The molecule has 0 aliphatic heterocycles. The third-order valence-corrected chi connectivity index (χ3v) is 5.55. The lowest BCUT2D eigenvalue weighted by atomic mass is 10.2. The summed E-state index contributed by atoms with van der Waals surface area (Å²) in [6.07, 6.45) is 0. The van der Waals surface area contributed by atoms with Gasteiger partial charge in [-0.25, -0.2) is 4.98 Å². The van der Waals surface area contributed by atoms with Crippen LogP contribution in [-0.2, 0) is 5.75 Å². The molecule has 25 heavy (non-hydrogen) atoms. The SMILES string of the molecule is CC.CC.Cc1nc(-c2ccccc2)sc1CSc1ccc(O)cc1. The van der Waals surface area contributed by atoms with Crippen molar-refractivity contribution in [2.75, 3.05) is 0 Å². The fourth-order valence-electron chi connectivity index (χ4n) is 1.96. The van der Waals surface area contributed by atoms with E-state index in [1.165, 1.54) is 10.4 Å². The van der Waals surface area contributed by atoms with E-state index in [0.29, 0.717) is 5.75 Å². The molecule has 0 saturated heterocycles. The van der Waals surface area contributed by atoms with Crippen LogP contribution in [0.5, 0.6) is 5.75 Å². The van der Waals surface area contributed by atoms with Gasteiger partial charge in [0.1, 0.15) is 10.8 Å². The maximum Gasteiger partial charge on any atom is 0.123 e. The van der Waals surface area contributed by atoms with E-state index in [0.717, 1.165) is 21.3 Å². The summed E-state index contributed by atoms with van der Waals surface area (Å²) in [5.41, 5.74) is 2.27. The molecule has 2 nitrogen and oxygen atoms in total. The van der Waals surface area contributed by atoms with Crippen LogP contribution >= 0.6 is 23.1 Å². The van der Waals surface area contributed by atoms with Crippen LogP contribution in [0, 0.1) is 6.92 Å². The molecule has 0 saturated carbocycles. The van der Waals surface area contributed by atoms with Crippen LogP contribution in [0.1, 0.15) is 38.3 Å². The third kappa shape index (κ3) is 6.56. The Morgan fingerprint density at radius 1 is 0.920 bits per heavy atom. The Bertz CT molecular complexity index is 721.